The summed E-state index contributed by atoms with van der Waals surface area (Å²) in [5, 5.41) is 5.46. The van der Waals surface area contributed by atoms with Gasteiger partial charge >= 0.3 is 0 Å². The van der Waals surface area contributed by atoms with E-state index in [1.807, 2.05) is 10.9 Å². The lowest BCUT2D eigenvalue weighted by Gasteiger charge is -2.31. The fourth-order valence-electron chi connectivity index (χ4n) is 2.70. The lowest BCUT2D eigenvalue weighted by Crippen LogP contribution is -2.34. The highest BCUT2D eigenvalue weighted by molar-refractivity contribution is 5.77. The lowest BCUT2D eigenvalue weighted by molar-refractivity contribution is 0.188. The number of nitrogens with zero attached hydrogens (tertiary/aromatic N) is 3. The minimum absolute atomic E-state index is 0.192. The van der Waals surface area contributed by atoms with Crippen LogP contribution >= 0.6 is 0 Å². The first kappa shape index (κ1) is 11.7. The number of halogens is 1. The Morgan fingerprint density at radius 1 is 1.33 bits per heavy atom. The number of hydrogen-bond donors (Lipinski definition) is 0. The molecule has 0 N–H and O–H groups in total. The number of aromatic nitrogens is 2. The molecule has 0 radical (unpaired) electrons. The van der Waals surface area contributed by atoms with E-state index in [-0.39, 0.29) is 5.82 Å². The molecule has 1 fully saturated rings. The summed E-state index contributed by atoms with van der Waals surface area (Å²) in [6, 6.07) is 5.24. The smallest absolute Gasteiger partial charge is 0.124 e. The standard InChI is InChI=1S/C14H18FN3/c1-2-17-7-5-13(6-8-17)18-10-11-9-12(15)3-4-14(11)16-18/h3-4,9-10,13H,2,5-8H2,1H3. The maximum atomic E-state index is 13.1. The molecule has 0 saturated carbocycles. The van der Waals surface area contributed by atoms with E-state index >= 15 is 0 Å². The summed E-state index contributed by atoms with van der Waals surface area (Å²) >= 11 is 0. The molecule has 1 aromatic heterocycles. The zero-order valence-electron chi connectivity index (χ0n) is 10.6. The fraction of sp³-hybridized carbons (Fsp3) is 0.500. The molecule has 3 nitrogen and oxygen atoms in total. The van der Waals surface area contributed by atoms with Gasteiger partial charge in [0.05, 0.1) is 11.6 Å². The van der Waals surface area contributed by atoms with E-state index in [1.165, 1.54) is 6.07 Å². The Bertz CT molecular complexity index is 541. The molecule has 0 bridgehead atoms. The highest BCUT2D eigenvalue weighted by atomic mass is 19.1. The van der Waals surface area contributed by atoms with E-state index in [1.54, 1.807) is 12.1 Å². The minimum atomic E-state index is -0.192. The Hall–Kier alpha value is -1.42. The molecule has 96 valence electrons. The molecule has 0 atom stereocenters. The highest BCUT2D eigenvalue weighted by Crippen LogP contribution is 2.24. The van der Waals surface area contributed by atoms with E-state index < -0.39 is 0 Å². The number of likely N-dealkylation sites (tertiary alicyclic amines) is 1. The lowest BCUT2D eigenvalue weighted by atomic mass is 10.1. The number of rotatable bonds is 2. The van der Waals surface area contributed by atoms with Crippen molar-refractivity contribution in [1.29, 1.82) is 0 Å². The summed E-state index contributed by atoms with van der Waals surface area (Å²) in [5.41, 5.74) is 0.884. The number of piperidine rings is 1. The van der Waals surface area contributed by atoms with Gasteiger partial charge in [-0.25, -0.2) is 4.39 Å². The molecule has 0 spiro atoms. The molecule has 2 aromatic rings. The van der Waals surface area contributed by atoms with E-state index in [4.69, 9.17) is 0 Å². The van der Waals surface area contributed by atoms with Gasteiger partial charge in [0, 0.05) is 24.7 Å². The predicted octanol–water partition coefficient (Wildman–Crippen LogP) is 2.83. The van der Waals surface area contributed by atoms with E-state index in [0.29, 0.717) is 6.04 Å². The molecule has 2 heterocycles. The summed E-state index contributed by atoms with van der Waals surface area (Å²) in [6.45, 7) is 5.59. The fourth-order valence-corrected chi connectivity index (χ4v) is 2.70. The van der Waals surface area contributed by atoms with Gasteiger partial charge in [0.15, 0.2) is 0 Å². The van der Waals surface area contributed by atoms with Crippen molar-refractivity contribution in [3.63, 3.8) is 0 Å². The zero-order valence-corrected chi connectivity index (χ0v) is 10.6. The van der Waals surface area contributed by atoms with Crippen molar-refractivity contribution in [2.45, 2.75) is 25.8 Å². The van der Waals surface area contributed by atoms with Crippen LogP contribution in [0.15, 0.2) is 24.4 Å². The predicted molar refractivity (Wildman–Crippen MR) is 70.1 cm³/mol. The van der Waals surface area contributed by atoms with Crippen LogP contribution in [0.4, 0.5) is 4.39 Å². The Labute approximate surface area is 106 Å². The van der Waals surface area contributed by atoms with Crippen molar-refractivity contribution < 1.29 is 4.39 Å². The molecular formula is C14H18FN3. The Kier molecular flexibility index (Phi) is 3.04. The van der Waals surface area contributed by atoms with Crippen LogP contribution in [0.2, 0.25) is 0 Å². The zero-order chi connectivity index (χ0) is 12.5. The second-order valence-electron chi connectivity index (χ2n) is 4.98. The Morgan fingerprint density at radius 2 is 2.11 bits per heavy atom. The minimum Gasteiger partial charge on any atom is -0.303 e. The molecule has 18 heavy (non-hydrogen) atoms. The van der Waals surface area contributed by atoms with Crippen LogP contribution < -0.4 is 0 Å². The van der Waals surface area contributed by atoms with Crippen LogP contribution in [0, 0.1) is 5.82 Å². The van der Waals surface area contributed by atoms with Gasteiger partial charge in [-0.15, -0.1) is 0 Å². The second-order valence-corrected chi connectivity index (χ2v) is 4.98. The van der Waals surface area contributed by atoms with Crippen molar-refractivity contribution in [3.8, 4) is 0 Å². The Balaban J connectivity index is 1.82. The van der Waals surface area contributed by atoms with Gasteiger partial charge in [0.25, 0.3) is 0 Å². The molecule has 3 rings (SSSR count). The summed E-state index contributed by atoms with van der Waals surface area (Å²) in [5.74, 6) is -0.192. The van der Waals surface area contributed by atoms with Gasteiger partial charge in [-0.05, 0) is 37.6 Å². The first-order chi connectivity index (χ1) is 8.76. The average molecular weight is 247 g/mol. The largest absolute Gasteiger partial charge is 0.303 e. The molecule has 0 amide bonds. The molecule has 0 unspecified atom stereocenters. The Morgan fingerprint density at radius 3 is 2.83 bits per heavy atom. The third kappa shape index (κ3) is 2.12. The van der Waals surface area contributed by atoms with Crippen molar-refractivity contribution in [2.75, 3.05) is 19.6 Å². The third-order valence-corrected chi connectivity index (χ3v) is 3.86. The summed E-state index contributed by atoms with van der Waals surface area (Å²) in [4.78, 5) is 2.46. The molecule has 1 aromatic carbocycles. The van der Waals surface area contributed by atoms with Crippen LogP contribution in [0.5, 0.6) is 0 Å². The van der Waals surface area contributed by atoms with Gasteiger partial charge in [0.1, 0.15) is 5.82 Å². The van der Waals surface area contributed by atoms with Crippen molar-refractivity contribution in [2.24, 2.45) is 0 Å². The summed E-state index contributed by atoms with van der Waals surface area (Å²) < 4.78 is 15.2. The topological polar surface area (TPSA) is 21.1 Å². The normalized spacial score (nSPS) is 18.6. The van der Waals surface area contributed by atoms with Crippen LogP contribution in [0.3, 0.4) is 0 Å². The average Bonchev–Trinajstić information content (AvgIpc) is 2.81. The van der Waals surface area contributed by atoms with Crippen LogP contribution in [0.25, 0.3) is 10.9 Å². The molecule has 1 aliphatic heterocycles. The SMILES string of the molecule is CCN1CCC(n2cc3cc(F)ccc3n2)CC1. The van der Waals surface area contributed by atoms with Gasteiger partial charge in [0.2, 0.25) is 0 Å². The van der Waals surface area contributed by atoms with Crippen molar-refractivity contribution >= 4 is 10.9 Å². The monoisotopic (exact) mass is 247 g/mol. The number of hydrogen-bond acceptors (Lipinski definition) is 2. The quantitative estimate of drug-likeness (QED) is 0.813. The van der Waals surface area contributed by atoms with Crippen molar-refractivity contribution in [3.05, 3.63) is 30.2 Å². The number of benzene rings is 1. The van der Waals surface area contributed by atoms with Gasteiger partial charge in [-0.2, -0.15) is 5.10 Å². The van der Waals surface area contributed by atoms with Crippen molar-refractivity contribution in [1.82, 2.24) is 14.7 Å². The van der Waals surface area contributed by atoms with Crippen LogP contribution in [-0.4, -0.2) is 34.3 Å². The summed E-state index contributed by atoms with van der Waals surface area (Å²) in [7, 11) is 0. The van der Waals surface area contributed by atoms with Crippen LogP contribution in [0.1, 0.15) is 25.8 Å². The maximum Gasteiger partial charge on any atom is 0.124 e. The molecule has 1 aliphatic rings. The first-order valence-corrected chi connectivity index (χ1v) is 6.63. The highest BCUT2D eigenvalue weighted by Gasteiger charge is 2.20. The summed E-state index contributed by atoms with van der Waals surface area (Å²) in [6.07, 6.45) is 4.24. The maximum absolute atomic E-state index is 13.1. The first-order valence-electron chi connectivity index (χ1n) is 6.63. The van der Waals surface area contributed by atoms with Gasteiger partial charge in [-0.1, -0.05) is 6.92 Å². The molecular weight excluding hydrogens is 229 g/mol. The second kappa shape index (κ2) is 4.69. The van der Waals surface area contributed by atoms with E-state index in [2.05, 4.69) is 16.9 Å². The van der Waals surface area contributed by atoms with Gasteiger partial charge in [-0.3, -0.25) is 4.68 Å². The van der Waals surface area contributed by atoms with Crippen LogP contribution in [-0.2, 0) is 0 Å². The molecule has 4 heteroatoms. The van der Waals surface area contributed by atoms with E-state index in [9.17, 15) is 4.39 Å². The van der Waals surface area contributed by atoms with Gasteiger partial charge < -0.3 is 4.90 Å². The van der Waals surface area contributed by atoms with E-state index in [0.717, 1.165) is 43.4 Å². The third-order valence-electron chi connectivity index (χ3n) is 3.86. The molecule has 1 saturated heterocycles. The molecule has 0 aliphatic carbocycles. The number of fused-ring (bicyclic) bond motifs is 1.